The van der Waals surface area contributed by atoms with E-state index in [-0.39, 0.29) is 0 Å². The summed E-state index contributed by atoms with van der Waals surface area (Å²) in [7, 11) is 0. The molecule has 1 heterocycles. The molecule has 0 saturated carbocycles. The normalized spacial score (nSPS) is 13.2. The van der Waals surface area contributed by atoms with Gasteiger partial charge < -0.3 is 5.32 Å². The summed E-state index contributed by atoms with van der Waals surface area (Å²) in [5, 5.41) is 11.7. The van der Waals surface area contributed by atoms with Crippen molar-refractivity contribution in [2.24, 2.45) is 5.92 Å². The Morgan fingerprint density at radius 1 is 1.24 bits per heavy atom. The van der Waals surface area contributed by atoms with Crippen molar-refractivity contribution in [3.63, 3.8) is 0 Å². The van der Waals surface area contributed by atoms with Gasteiger partial charge >= 0.3 is 0 Å². The molecule has 0 bridgehead atoms. The molecule has 2 aromatic rings. The van der Waals surface area contributed by atoms with Crippen molar-refractivity contribution in [1.29, 1.82) is 0 Å². The second-order valence-electron chi connectivity index (χ2n) is 5.19. The monoisotopic (exact) mass is 231 g/mol. The van der Waals surface area contributed by atoms with E-state index in [1.165, 1.54) is 12.8 Å². The Bertz CT molecular complexity index is 473. The first-order valence-electron chi connectivity index (χ1n) is 6.35. The number of nitrogens with zero attached hydrogens (tertiary/aromatic N) is 1. The molecule has 3 nitrogen and oxygen atoms in total. The van der Waals surface area contributed by atoms with Crippen LogP contribution in [0.1, 0.15) is 33.6 Å². The molecule has 92 valence electrons. The van der Waals surface area contributed by atoms with Crippen molar-refractivity contribution in [3.8, 4) is 0 Å². The number of benzene rings is 1. The van der Waals surface area contributed by atoms with Crippen LogP contribution in [0, 0.1) is 5.92 Å². The minimum absolute atomic E-state index is 0.512. The van der Waals surface area contributed by atoms with Gasteiger partial charge in [-0.1, -0.05) is 13.8 Å². The molecule has 0 saturated heterocycles. The molecule has 3 heteroatoms. The van der Waals surface area contributed by atoms with Gasteiger partial charge in [-0.3, -0.25) is 5.10 Å². The predicted octanol–water partition coefficient (Wildman–Crippen LogP) is 3.80. The molecule has 1 aromatic heterocycles. The van der Waals surface area contributed by atoms with E-state index >= 15 is 0 Å². The Labute approximate surface area is 103 Å². The lowest BCUT2D eigenvalue weighted by Crippen LogP contribution is -2.15. The van der Waals surface area contributed by atoms with Gasteiger partial charge in [0, 0.05) is 17.1 Å². The van der Waals surface area contributed by atoms with Gasteiger partial charge in [0.05, 0.1) is 11.7 Å². The van der Waals surface area contributed by atoms with Crippen LogP contribution in [0.4, 0.5) is 5.69 Å². The van der Waals surface area contributed by atoms with Crippen molar-refractivity contribution in [2.75, 3.05) is 5.32 Å². The van der Waals surface area contributed by atoms with Gasteiger partial charge in [-0.25, -0.2) is 0 Å². The van der Waals surface area contributed by atoms with Crippen molar-refractivity contribution in [1.82, 2.24) is 10.2 Å². The second kappa shape index (κ2) is 5.21. The molecule has 0 amide bonds. The maximum atomic E-state index is 4.03. The van der Waals surface area contributed by atoms with Crippen molar-refractivity contribution in [2.45, 2.75) is 39.7 Å². The number of nitrogens with one attached hydrogen (secondary N) is 2. The quantitative estimate of drug-likeness (QED) is 0.821. The fourth-order valence-corrected chi connectivity index (χ4v) is 1.97. The fraction of sp³-hybridized carbons (Fsp3) is 0.500. The standard InChI is InChI=1S/C14H21N3/c1-10(2)4-5-11(3)16-13-7-6-12-9-15-17-14(12)8-13/h6-11,16H,4-5H2,1-3H3,(H,15,17). The first kappa shape index (κ1) is 12.0. The number of rotatable bonds is 5. The van der Waals surface area contributed by atoms with E-state index < -0.39 is 0 Å². The second-order valence-corrected chi connectivity index (χ2v) is 5.19. The zero-order valence-electron chi connectivity index (χ0n) is 10.8. The average Bonchev–Trinajstić information content (AvgIpc) is 2.73. The zero-order chi connectivity index (χ0) is 12.3. The molecule has 1 atom stereocenters. The van der Waals surface area contributed by atoms with Gasteiger partial charge in [-0.2, -0.15) is 5.10 Å². The molecule has 0 spiro atoms. The summed E-state index contributed by atoms with van der Waals surface area (Å²) in [6.45, 7) is 6.77. The van der Waals surface area contributed by atoms with E-state index in [0.717, 1.165) is 22.5 Å². The maximum Gasteiger partial charge on any atom is 0.0670 e. The molecule has 0 aliphatic rings. The van der Waals surface area contributed by atoms with Crippen LogP contribution < -0.4 is 5.32 Å². The molecule has 0 radical (unpaired) electrons. The summed E-state index contributed by atoms with van der Waals surface area (Å²) in [6.07, 6.45) is 4.32. The van der Waals surface area contributed by atoms with Gasteiger partial charge in [0.1, 0.15) is 0 Å². The highest BCUT2D eigenvalue weighted by Crippen LogP contribution is 2.18. The fourth-order valence-electron chi connectivity index (χ4n) is 1.97. The molecule has 0 fully saturated rings. The summed E-state index contributed by atoms with van der Waals surface area (Å²) in [4.78, 5) is 0. The van der Waals surface area contributed by atoms with Crippen molar-refractivity contribution < 1.29 is 0 Å². The van der Waals surface area contributed by atoms with E-state index in [1.807, 2.05) is 6.20 Å². The molecule has 0 aliphatic carbocycles. The Balaban J connectivity index is 1.97. The third-order valence-corrected chi connectivity index (χ3v) is 3.03. The van der Waals surface area contributed by atoms with Crippen LogP contribution in [-0.4, -0.2) is 16.2 Å². The van der Waals surface area contributed by atoms with E-state index in [4.69, 9.17) is 0 Å². The largest absolute Gasteiger partial charge is 0.383 e. The van der Waals surface area contributed by atoms with Crippen LogP contribution in [0.25, 0.3) is 10.9 Å². The van der Waals surface area contributed by atoms with Crippen molar-refractivity contribution >= 4 is 16.6 Å². The van der Waals surface area contributed by atoms with Gasteiger partial charge in [0.25, 0.3) is 0 Å². The first-order chi connectivity index (χ1) is 8.15. The van der Waals surface area contributed by atoms with Crippen LogP contribution >= 0.6 is 0 Å². The molecular weight excluding hydrogens is 210 g/mol. The Morgan fingerprint density at radius 2 is 2.06 bits per heavy atom. The summed E-state index contributed by atoms with van der Waals surface area (Å²) >= 11 is 0. The third-order valence-electron chi connectivity index (χ3n) is 3.03. The number of hydrogen-bond donors (Lipinski definition) is 2. The summed E-state index contributed by atoms with van der Waals surface area (Å²) < 4.78 is 0. The van der Waals surface area contributed by atoms with E-state index in [9.17, 15) is 0 Å². The van der Waals surface area contributed by atoms with Gasteiger partial charge in [-0.05, 0) is 43.9 Å². The minimum Gasteiger partial charge on any atom is -0.383 e. The highest BCUT2D eigenvalue weighted by molar-refractivity contribution is 5.81. The number of H-pyrrole nitrogens is 1. The third kappa shape index (κ3) is 3.22. The molecule has 17 heavy (non-hydrogen) atoms. The molecule has 0 aliphatic heterocycles. The van der Waals surface area contributed by atoms with Gasteiger partial charge in [0.2, 0.25) is 0 Å². The number of fused-ring (bicyclic) bond motifs is 1. The Kier molecular flexibility index (Phi) is 3.67. The lowest BCUT2D eigenvalue weighted by molar-refractivity contribution is 0.528. The molecule has 2 rings (SSSR count). The van der Waals surface area contributed by atoms with Gasteiger partial charge in [0.15, 0.2) is 0 Å². The number of hydrogen-bond acceptors (Lipinski definition) is 2. The molecule has 1 aromatic carbocycles. The van der Waals surface area contributed by atoms with Crippen LogP contribution in [0.5, 0.6) is 0 Å². The highest BCUT2D eigenvalue weighted by Gasteiger charge is 2.04. The SMILES string of the molecule is CC(C)CCC(C)Nc1ccc2cn[nH]c2c1. The van der Waals surface area contributed by atoms with E-state index in [1.54, 1.807) is 0 Å². The lowest BCUT2D eigenvalue weighted by atomic mass is 10.0. The summed E-state index contributed by atoms with van der Waals surface area (Å²) in [5.41, 5.74) is 2.25. The Hall–Kier alpha value is -1.51. The van der Waals surface area contributed by atoms with Crippen LogP contribution in [-0.2, 0) is 0 Å². The van der Waals surface area contributed by atoms with E-state index in [0.29, 0.717) is 6.04 Å². The lowest BCUT2D eigenvalue weighted by Gasteiger charge is -2.16. The zero-order valence-corrected chi connectivity index (χ0v) is 10.8. The number of anilines is 1. The predicted molar refractivity (Wildman–Crippen MR) is 73.3 cm³/mol. The smallest absolute Gasteiger partial charge is 0.0670 e. The maximum absolute atomic E-state index is 4.03. The average molecular weight is 231 g/mol. The molecular formula is C14H21N3. The van der Waals surface area contributed by atoms with Crippen LogP contribution in [0.3, 0.4) is 0 Å². The topological polar surface area (TPSA) is 40.7 Å². The summed E-state index contributed by atoms with van der Waals surface area (Å²) in [6, 6.07) is 6.84. The molecule has 2 N–H and O–H groups in total. The minimum atomic E-state index is 0.512. The summed E-state index contributed by atoms with van der Waals surface area (Å²) in [5.74, 6) is 0.773. The van der Waals surface area contributed by atoms with Crippen molar-refractivity contribution in [3.05, 3.63) is 24.4 Å². The Morgan fingerprint density at radius 3 is 2.82 bits per heavy atom. The van der Waals surface area contributed by atoms with Gasteiger partial charge in [-0.15, -0.1) is 0 Å². The highest BCUT2D eigenvalue weighted by atomic mass is 15.1. The first-order valence-corrected chi connectivity index (χ1v) is 6.35. The number of aromatic amines is 1. The molecule has 1 unspecified atom stereocenters. The van der Waals surface area contributed by atoms with Crippen LogP contribution in [0.15, 0.2) is 24.4 Å². The van der Waals surface area contributed by atoms with Crippen LogP contribution in [0.2, 0.25) is 0 Å². The van der Waals surface area contributed by atoms with E-state index in [2.05, 4.69) is 54.5 Å². The number of aromatic nitrogens is 2.